The highest BCUT2D eigenvalue weighted by Gasteiger charge is 2.37. The smallest absolute Gasteiger partial charge is 0.408 e. The Morgan fingerprint density at radius 3 is 2.26 bits per heavy atom. The fourth-order valence-corrected chi connectivity index (χ4v) is 7.61. The molecule has 4 rings (SSSR count). The summed E-state index contributed by atoms with van der Waals surface area (Å²) in [5, 5.41) is 15.0. The molecule has 292 valence electrons. The summed E-state index contributed by atoms with van der Waals surface area (Å²) in [6.45, 7) is 14.2. The molecule has 0 unspecified atom stereocenters. The Morgan fingerprint density at radius 1 is 0.981 bits per heavy atom. The number of rotatable bonds is 13. The summed E-state index contributed by atoms with van der Waals surface area (Å²) >= 11 is 0. The van der Waals surface area contributed by atoms with E-state index in [1.54, 1.807) is 58.9 Å². The van der Waals surface area contributed by atoms with Crippen molar-refractivity contribution in [2.24, 2.45) is 10.7 Å². The number of sulfonamides is 1. The van der Waals surface area contributed by atoms with Crippen molar-refractivity contribution >= 4 is 34.0 Å². The number of nitrogens with zero attached hydrogens (tertiary/aromatic N) is 1. The zero-order chi connectivity index (χ0) is 40.0. The van der Waals surface area contributed by atoms with Gasteiger partial charge in [0.25, 0.3) is 10.0 Å². The van der Waals surface area contributed by atoms with Crippen molar-refractivity contribution in [1.29, 1.82) is 0 Å². The van der Waals surface area contributed by atoms with Crippen LogP contribution in [0, 0.1) is 20.8 Å². The monoisotopic (exact) mass is 765 g/mol. The molecule has 0 bridgehead atoms. The Balaban J connectivity index is 1.50. The molecule has 1 aliphatic rings. The van der Waals surface area contributed by atoms with Crippen molar-refractivity contribution in [2.75, 3.05) is 6.54 Å². The number of amides is 2. The number of hydrogen-bond acceptors (Lipinski definition) is 10. The van der Waals surface area contributed by atoms with Crippen molar-refractivity contribution < 1.29 is 42.1 Å². The van der Waals surface area contributed by atoms with E-state index in [2.05, 4.69) is 20.3 Å². The van der Waals surface area contributed by atoms with Gasteiger partial charge in [-0.1, -0.05) is 42.5 Å². The molecule has 0 aliphatic carbocycles. The third-order valence-electron chi connectivity index (χ3n) is 8.71. The van der Waals surface area contributed by atoms with E-state index < -0.39 is 51.3 Å². The molecule has 1 heterocycles. The van der Waals surface area contributed by atoms with E-state index in [1.807, 2.05) is 26.8 Å². The summed E-state index contributed by atoms with van der Waals surface area (Å²) in [5.41, 5.74) is 8.49. The summed E-state index contributed by atoms with van der Waals surface area (Å²) in [4.78, 5) is 44.2. The van der Waals surface area contributed by atoms with Gasteiger partial charge in [0.05, 0.1) is 4.90 Å². The molecule has 0 aromatic heterocycles. The van der Waals surface area contributed by atoms with Gasteiger partial charge in [-0.2, -0.15) is 0 Å². The molecular formula is C39H51N5O9S. The molecule has 6 N–H and O–H groups in total. The molecule has 0 spiro atoms. The number of phenols is 1. The third kappa shape index (κ3) is 10.9. The minimum absolute atomic E-state index is 0.00650. The molecule has 0 radical (unpaired) electrons. The van der Waals surface area contributed by atoms with E-state index in [9.17, 15) is 27.9 Å². The predicted molar refractivity (Wildman–Crippen MR) is 203 cm³/mol. The summed E-state index contributed by atoms with van der Waals surface area (Å²) in [6.07, 6.45) is -0.113. The number of esters is 1. The maximum Gasteiger partial charge on any atom is 0.408 e. The second-order valence-electron chi connectivity index (χ2n) is 14.9. The maximum absolute atomic E-state index is 13.8. The van der Waals surface area contributed by atoms with Gasteiger partial charge in [-0.15, -0.1) is 0 Å². The summed E-state index contributed by atoms with van der Waals surface area (Å²) in [7, 11) is -4.13. The average Bonchev–Trinajstić information content (AvgIpc) is 3.42. The number of aliphatic imine (C=N–C) groups is 1. The van der Waals surface area contributed by atoms with E-state index in [0.29, 0.717) is 28.9 Å². The quantitative estimate of drug-likeness (QED) is 0.0689. The van der Waals surface area contributed by atoms with Gasteiger partial charge in [0.1, 0.15) is 41.4 Å². The highest BCUT2D eigenvalue weighted by molar-refractivity contribution is 7.90. The van der Waals surface area contributed by atoms with Crippen LogP contribution in [0.2, 0.25) is 0 Å². The van der Waals surface area contributed by atoms with E-state index in [4.69, 9.17) is 19.9 Å². The van der Waals surface area contributed by atoms with Crippen molar-refractivity contribution in [3.05, 3.63) is 88.0 Å². The van der Waals surface area contributed by atoms with Crippen molar-refractivity contribution in [1.82, 2.24) is 15.4 Å². The van der Waals surface area contributed by atoms with E-state index >= 15 is 0 Å². The number of carbonyl (C=O) groups is 3. The number of fused-ring (bicyclic) bond motifs is 1. The van der Waals surface area contributed by atoms with E-state index in [1.165, 1.54) is 24.3 Å². The van der Waals surface area contributed by atoms with Crippen LogP contribution < -0.4 is 25.8 Å². The third-order valence-corrected chi connectivity index (χ3v) is 10.3. The molecule has 2 atom stereocenters. The summed E-state index contributed by atoms with van der Waals surface area (Å²) < 4.78 is 46.6. The van der Waals surface area contributed by atoms with Crippen LogP contribution in [-0.2, 0) is 42.1 Å². The maximum atomic E-state index is 13.8. The molecule has 1 aliphatic heterocycles. The Morgan fingerprint density at radius 2 is 1.63 bits per heavy atom. The minimum Gasteiger partial charge on any atom is -0.508 e. The van der Waals surface area contributed by atoms with Crippen LogP contribution in [0.4, 0.5) is 4.79 Å². The first-order valence-corrected chi connectivity index (χ1v) is 19.1. The van der Waals surface area contributed by atoms with Crippen LogP contribution >= 0.6 is 0 Å². The number of benzene rings is 3. The van der Waals surface area contributed by atoms with Crippen molar-refractivity contribution in [3.63, 3.8) is 0 Å². The number of hydrogen-bond donors (Lipinski definition) is 5. The SMILES string of the molecule is Cc1c(C)c(S(=O)(=O)NC(N)=NCCC[C@H](NC(=O)[C@@H](NC(=O)OC(C)(C)C)c2ccc(O)cc2)C(=O)OCc2ccccc2)c(C)c2c1OC(C)(C)C2. The number of aromatic hydroxyl groups is 1. The van der Waals surface area contributed by atoms with Gasteiger partial charge in [0.2, 0.25) is 11.9 Å². The average molecular weight is 766 g/mol. The second-order valence-corrected chi connectivity index (χ2v) is 16.5. The van der Waals surface area contributed by atoms with Gasteiger partial charge in [-0.25, -0.2) is 22.7 Å². The molecule has 54 heavy (non-hydrogen) atoms. The second kappa shape index (κ2) is 16.8. The molecule has 0 fully saturated rings. The molecular weight excluding hydrogens is 715 g/mol. The van der Waals surface area contributed by atoms with Crippen molar-refractivity contribution in [2.45, 2.75) is 109 Å². The van der Waals surface area contributed by atoms with Crippen LogP contribution in [-0.4, -0.2) is 61.2 Å². The molecule has 3 aromatic carbocycles. The standard InChI is InChI=1S/C39H51N5O9S/c1-23-24(2)33(25(3)29-21-39(7,8)52-32(23)29)54(49,50)44-36(40)41-20-12-15-30(35(47)51-22-26-13-10-9-11-14-26)42-34(46)31(27-16-18-28(45)19-17-27)43-37(48)53-38(4,5)6/h9-11,13-14,16-19,30-31,45H,12,15,20-22H2,1-8H3,(H,42,46)(H,43,48)(H3,40,41,44)/t30-,31-/m0/s1. The fourth-order valence-electron chi connectivity index (χ4n) is 6.09. The lowest BCUT2D eigenvalue weighted by Gasteiger charge is -2.25. The van der Waals surface area contributed by atoms with Gasteiger partial charge >= 0.3 is 12.1 Å². The first-order chi connectivity index (χ1) is 25.2. The van der Waals surface area contributed by atoms with Crippen LogP contribution in [0.1, 0.15) is 86.9 Å². The first-order valence-electron chi connectivity index (χ1n) is 17.6. The highest BCUT2D eigenvalue weighted by atomic mass is 32.2. The Bertz CT molecular complexity index is 1990. The number of ether oxygens (including phenoxy) is 3. The van der Waals surface area contributed by atoms with Crippen LogP contribution in [0.15, 0.2) is 64.5 Å². The van der Waals surface area contributed by atoms with Crippen LogP contribution in [0.3, 0.4) is 0 Å². The van der Waals surface area contributed by atoms with Crippen LogP contribution in [0.25, 0.3) is 0 Å². The normalized spacial score (nSPS) is 14.9. The molecule has 3 aromatic rings. The Labute approximate surface area is 316 Å². The number of alkyl carbamates (subject to hydrolysis) is 1. The number of guanidine groups is 1. The number of nitrogens with one attached hydrogen (secondary N) is 3. The Kier molecular flexibility index (Phi) is 12.9. The van der Waals surface area contributed by atoms with E-state index in [0.717, 1.165) is 16.7 Å². The largest absolute Gasteiger partial charge is 0.508 e. The minimum atomic E-state index is -4.13. The zero-order valence-electron chi connectivity index (χ0n) is 32.0. The fraction of sp³-hybridized carbons (Fsp3) is 0.436. The molecule has 0 saturated carbocycles. The highest BCUT2D eigenvalue weighted by Crippen LogP contribution is 2.43. The van der Waals surface area contributed by atoms with Crippen LogP contribution in [0.5, 0.6) is 11.5 Å². The van der Waals surface area contributed by atoms with Gasteiger partial charge in [-0.05, 0) is 108 Å². The lowest BCUT2D eigenvalue weighted by molar-refractivity contribution is -0.149. The Hall–Kier alpha value is -5.31. The van der Waals surface area contributed by atoms with Gasteiger partial charge in [-0.3, -0.25) is 9.79 Å². The molecule has 15 heteroatoms. The van der Waals surface area contributed by atoms with Gasteiger partial charge in [0, 0.05) is 18.5 Å². The molecule has 0 saturated heterocycles. The lowest BCUT2D eigenvalue weighted by atomic mass is 9.94. The van der Waals surface area contributed by atoms with Gasteiger partial charge < -0.3 is 35.7 Å². The zero-order valence-corrected chi connectivity index (χ0v) is 32.8. The number of phenolic OH excluding ortho intramolecular Hbond substituents is 1. The molecule has 2 amide bonds. The first kappa shape index (κ1) is 41.4. The topological polar surface area (TPSA) is 208 Å². The molecule has 14 nitrogen and oxygen atoms in total. The van der Waals surface area contributed by atoms with Gasteiger partial charge in [0.15, 0.2) is 0 Å². The van der Waals surface area contributed by atoms with Crippen molar-refractivity contribution in [3.8, 4) is 11.5 Å². The number of nitrogens with two attached hydrogens (primary N) is 1. The van der Waals surface area contributed by atoms with E-state index in [-0.39, 0.29) is 42.6 Å². The predicted octanol–water partition coefficient (Wildman–Crippen LogP) is 4.90. The summed E-state index contributed by atoms with van der Waals surface area (Å²) in [5.74, 6) is -1.17. The summed E-state index contributed by atoms with van der Waals surface area (Å²) in [6, 6.07) is 12.1. The number of carbonyl (C=O) groups excluding carboxylic acids is 3. The lowest BCUT2D eigenvalue weighted by Crippen LogP contribution is -2.48.